The quantitative estimate of drug-likeness (QED) is 0.903. The highest BCUT2D eigenvalue weighted by molar-refractivity contribution is 5.99. The standard InChI is InChI=1S/C22H27N3O2/c26-22(20-7-4-12-23-21(20)25-13-15-27-16-14-25)24-19-10-8-18(9-11-19)17-5-2-1-3-6-17/h1-7,12,18-19H,8-11,13-16H2,(H,24,26). The summed E-state index contributed by atoms with van der Waals surface area (Å²) in [4.78, 5) is 19.5. The molecule has 5 nitrogen and oxygen atoms in total. The lowest BCUT2D eigenvalue weighted by atomic mass is 9.82. The summed E-state index contributed by atoms with van der Waals surface area (Å²) in [6, 6.07) is 14.7. The van der Waals surface area contributed by atoms with E-state index in [1.807, 2.05) is 12.1 Å². The molecule has 0 unspecified atom stereocenters. The Balaban J connectivity index is 1.37. The number of pyridine rings is 1. The summed E-state index contributed by atoms with van der Waals surface area (Å²) in [6.45, 7) is 2.92. The Hall–Kier alpha value is -2.40. The maximum atomic E-state index is 12.9. The minimum absolute atomic E-state index is 0.00671. The Morgan fingerprint density at radius 3 is 2.48 bits per heavy atom. The van der Waals surface area contributed by atoms with E-state index in [2.05, 4.69) is 45.5 Å². The Bertz CT molecular complexity index is 751. The summed E-state index contributed by atoms with van der Waals surface area (Å²) < 4.78 is 5.42. The predicted octanol–water partition coefficient (Wildman–Crippen LogP) is 3.37. The molecule has 5 heteroatoms. The van der Waals surface area contributed by atoms with Crippen LogP contribution in [0.15, 0.2) is 48.7 Å². The van der Waals surface area contributed by atoms with Crippen molar-refractivity contribution in [1.82, 2.24) is 10.3 Å². The SMILES string of the molecule is O=C(NC1CCC(c2ccccc2)CC1)c1cccnc1N1CCOCC1. The van der Waals surface area contributed by atoms with E-state index < -0.39 is 0 Å². The third-order valence-electron chi connectivity index (χ3n) is 5.68. The molecule has 1 N–H and O–H groups in total. The molecule has 1 saturated carbocycles. The van der Waals surface area contributed by atoms with Crippen LogP contribution in [-0.2, 0) is 4.74 Å². The molecule has 1 amide bonds. The van der Waals surface area contributed by atoms with Crippen LogP contribution in [0.2, 0.25) is 0 Å². The third kappa shape index (κ3) is 4.30. The minimum Gasteiger partial charge on any atom is -0.378 e. The zero-order valence-electron chi connectivity index (χ0n) is 15.6. The Morgan fingerprint density at radius 1 is 1.00 bits per heavy atom. The normalized spacial score (nSPS) is 23.0. The zero-order chi connectivity index (χ0) is 18.5. The van der Waals surface area contributed by atoms with E-state index in [9.17, 15) is 4.79 Å². The number of ether oxygens (including phenoxy) is 1. The molecule has 1 aliphatic carbocycles. The van der Waals surface area contributed by atoms with Crippen molar-refractivity contribution >= 4 is 11.7 Å². The second-order valence-electron chi connectivity index (χ2n) is 7.41. The summed E-state index contributed by atoms with van der Waals surface area (Å²) in [5, 5.41) is 3.25. The second-order valence-corrected chi connectivity index (χ2v) is 7.41. The molecule has 2 aromatic rings. The van der Waals surface area contributed by atoms with Crippen LogP contribution in [0.5, 0.6) is 0 Å². The van der Waals surface area contributed by atoms with E-state index in [-0.39, 0.29) is 11.9 Å². The molecule has 2 aliphatic rings. The summed E-state index contributed by atoms with van der Waals surface area (Å²) in [5.41, 5.74) is 2.09. The van der Waals surface area contributed by atoms with E-state index in [4.69, 9.17) is 4.74 Å². The van der Waals surface area contributed by atoms with Crippen LogP contribution >= 0.6 is 0 Å². The number of amides is 1. The highest BCUT2D eigenvalue weighted by Gasteiger charge is 2.25. The van der Waals surface area contributed by atoms with E-state index in [1.54, 1.807) is 6.20 Å². The molecule has 1 aromatic heterocycles. The van der Waals surface area contributed by atoms with Gasteiger partial charge in [0.15, 0.2) is 0 Å². The van der Waals surface area contributed by atoms with Crippen LogP contribution in [0.25, 0.3) is 0 Å². The van der Waals surface area contributed by atoms with Gasteiger partial charge in [0.1, 0.15) is 5.82 Å². The van der Waals surface area contributed by atoms with Crippen LogP contribution in [0.3, 0.4) is 0 Å². The number of anilines is 1. The Kier molecular flexibility index (Phi) is 5.68. The van der Waals surface area contributed by atoms with E-state index in [0.717, 1.165) is 44.6 Å². The monoisotopic (exact) mass is 365 g/mol. The molecule has 142 valence electrons. The lowest BCUT2D eigenvalue weighted by molar-refractivity contribution is 0.0924. The van der Waals surface area contributed by atoms with Gasteiger partial charge in [-0.2, -0.15) is 0 Å². The third-order valence-corrected chi connectivity index (χ3v) is 5.68. The van der Waals surface area contributed by atoms with Crippen molar-refractivity contribution in [2.75, 3.05) is 31.2 Å². The maximum Gasteiger partial charge on any atom is 0.255 e. The van der Waals surface area contributed by atoms with Gasteiger partial charge >= 0.3 is 0 Å². The zero-order valence-corrected chi connectivity index (χ0v) is 15.6. The molecule has 0 radical (unpaired) electrons. The van der Waals surface area contributed by atoms with Gasteiger partial charge in [0.2, 0.25) is 0 Å². The van der Waals surface area contributed by atoms with Crippen molar-refractivity contribution in [3.63, 3.8) is 0 Å². The van der Waals surface area contributed by atoms with Gasteiger partial charge in [0.25, 0.3) is 5.91 Å². The Labute approximate surface area is 160 Å². The van der Waals surface area contributed by atoms with Gasteiger partial charge in [-0.3, -0.25) is 4.79 Å². The lowest BCUT2D eigenvalue weighted by Gasteiger charge is -2.31. The molecule has 0 bridgehead atoms. The summed E-state index contributed by atoms with van der Waals surface area (Å²) >= 11 is 0. The van der Waals surface area contributed by atoms with Crippen molar-refractivity contribution in [3.8, 4) is 0 Å². The fourth-order valence-corrected chi connectivity index (χ4v) is 4.16. The molecule has 0 atom stereocenters. The van der Waals surface area contributed by atoms with Crippen LogP contribution in [0, 0.1) is 0 Å². The van der Waals surface area contributed by atoms with Crippen LogP contribution < -0.4 is 10.2 Å². The van der Waals surface area contributed by atoms with E-state index in [0.29, 0.717) is 24.7 Å². The lowest BCUT2D eigenvalue weighted by Crippen LogP contribution is -2.40. The number of aromatic nitrogens is 1. The van der Waals surface area contributed by atoms with E-state index >= 15 is 0 Å². The van der Waals surface area contributed by atoms with Crippen molar-refractivity contribution in [2.45, 2.75) is 37.6 Å². The summed E-state index contributed by atoms with van der Waals surface area (Å²) in [5.74, 6) is 1.38. The molecule has 1 aromatic carbocycles. The number of nitrogens with one attached hydrogen (secondary N) is 1. The first-order valence-corrected chi connectivity index (χ1v) is 9.95. The molecule has 4 rings (SSSR count). The Morgan fingerprint density at radius 2 is 1.74 bits per heavy atom. The van der Waals surface area contributed by atoms with Gasteiger partial charge in [0, 0.05) is 25.3 Å². The number of benzene rings is 1. The van der Waals surface area contributed by atoms with Crippen molar-refractivity contribution in [2.24, 2.45) is 0 Å². The molecular weight excluding hydrogens is 338 g/mol. The highest BCUT2D eigenvalue weighted by atomic mass is 16.5. The molecule has 2 fully saturated rings. The fraction of sp³-hybridized carbons (Fsp3) is 0.455. The number of hydrogen-bond acceptors (Lipinski definition) is 4. The molecule has 2 heterocycles. The molecule has 27 heavy (non-hydrogen) atoms. The minimum atomic E-state index is -0.00671. The van der Waals surface area contributed by atoms with Gasteiger partial charge in [-0.05, 0) is 49.3 Å². The van der Waals surface area contributed by atoms with Gasteiger partial charge in [-0.25, -0.2) is 4.98 Å². The smallest absolute Gasteiger partial charge is 0.255 e. The molecule has 0 spiro atoms. The maximum absolute atomic E-state index is 12.9. The van der Waals surface area contributed by atoms with Gasteiger partial charge < -0.3 is 15.0 Å². The number of morpholine rings is 1. The fourth-order valence-electron chi connectivity index (χ4n) is 4.16. The average molecular weight is 365 g/mol. The van der Waals surface area contributed by atoms with Crippen LogP contribution in [0.4, 0.5) is 5.82 Å². The van der Waals surface area contributed by atoms with Crippen molar-refractivity contribution < 1.29 is 9.53 Å². The predicted molar refractivity (Wildman–Crippen MR) is 106 cm³/mol. The van der Waals surface area contributed by atoms with Crippen molar-refractivity contribution in [1.29, 1.82) is 0 Å². The number of rotatable bonds is 4. The second kappa shape index (κ2) is 8.53. The first-order chi connectivity index (χ1) is 13.3. The largest absolute Gasteiger partial charge is 0.378 e. The van der Waals surface area contributed by atoms with E-state index in [1.165, 1.54) is 5.56 Å². The molecule has 1 saturated heterocycles. The first kappa shape index (κ1) is 18.0. The van der Waals surface area contributed by atoms with Gasteiger partial charge in [-0.15, -0.1) is 0 Å². The number of nitrogens with zero attached hydrogens (tertiary/aromatic N) is 2. The number of hydrogen-bond donors (Lipinski definition) is 1. The number of carbonyl (C=O) groups excluding carboxylic acids is 1. The molecular formula is C22H27N3O2. The number of carbonyl (C=O) groups is 1. The summed E-state index contributed by atoms with van der Waals surface area (Å²) in [7, 11) is 0. The highest BCUT2D eigenvalue weighted by Crippen LogP contribution is 2.33. The first-order valence-electron chi connectivity index (χ1n) is 9.95. The molecule has 1 aliphatic heterocycles. The van der Waals surface area contributed by atoms with Gasteiger partial charge in [0.05, 0.1) is 18.8 Å². The average Bonchev–Trinajstić information content (AvgIpc) is 2.75. The van der Waals surface area contributed by atoms with Crippen molar-refractivity contribution in [3.05, 3.63) is 59.8 Å². The van der Waals surface area contributed by atoms with Gasteiger partial charge in [-0.1, -0.05) is 30.3 Å². The summed E-state index contributed by atoms with van der Waals surface area (Å²) in [6.07, 6.45) is 6.06. The topological polar surface area (TPSA) is 54.5 Å². The van der Waals surface area contributed by atoms with Crippen LogP contribution in [-0.4, -0.2) is 43.2 Å². The van der Waals surface area contributed by atoms with Crippen LogP contribution in [0.1, 0.15) is 47.5 Å².